The number of ether oxygens (including phenoxy) is 4. The summed E-state index contributed by atoms with van der Waals surface area (Å²) in [4.78, 5) is 0. The van der Waals surface area contributed by atoms with Gasteiger partial charge in [0.1, 0.15) is 12.2 Å². The van der Waals surface area contributed by atoms with Gasteiger partial charge in [-0.3, -0.25) is 0 Å². The Kier molecular flexibility index (Phi) is 4.77. The smallest absolute Gasteiger partial charge is 0.157 e. The number of hydrogen-bond donors (Lipinski definition) is 0. The van der Waals surface area contributed by atoms with Crippen LogP contribution in [-0.2, 0) is 18.9 Å². The Morgan fingerprint density at radius 2 is 1.57 bits per heavy atom. The van der Waals surface area contributed by atoms with E-state index in [2.05, 4.69) is 0 Å². The minimum Gasteiger partial charge on any atom is -0.412 e. The van der Waals surface area contributed by atoms with Crippen LogP contribution in [0.25, 0.3) is 0 Å². The largest absolute Gasteiger partial charge is 0.412 e. The van der Waals surface area contributed by atoms with E-state index in [1.54, 1.807) is 0 Å². The minimum atomic E-state index is -0.0894. The van der Waals surface area contributed by atoms with Crippen LogP contribution in [0, 0.1) is 0 Å². The molecule has 0 spiro atoms. The van der Waals surface area contributed by atoms with Gasteiger partial charge in [0.15, 0.2) is 6.29 Å². The topological polar surface area (TPSA) is 75.0 Å². The second-order valence-corrected chi connectivity index (χ2v) is 3.42. The fourth-order valence-electron chi connectivity index (χ4n) is 1.04. The molecule has 0 aromatic carbocycles. The van der Waals surface area contributed by atoms with Gasteiger partial charge in [0.2, 0.25) is 0 Å². The highest BCUT2D eigenvalue weighted by atomic mass is 16.7. The normalized spacial score (nSPS) is 30.6. The lowest BCUT2D eigenvalue weighted by molar-refractivity contribution is -0.148. The molecular weight excluding hydrogens is 188 g/mol. The van der Waals surface area contributed by atoms with E-state index in [4.69, 9.17) is 18.9 Å². The molecular formula is C9H18O5. The molecule has 0 aromatic rings. The molecule has 0 amide bonds. The molecule has 2 aliphatic rings. The molecule has 0 aromatic heterocycles. The number of rotatable bonds is 7. The van der Waals surface area contributed by atoms with Crippen molar-refractivity contribution in [2.45, 2.75) is 31.8 Å². The summed E-state index contributed by atoms with van der Waals surface area (Å²) in [5.74, 6) is 0. The average Bonchev–Trinajstić information content (AvgIpc) is 3.01. The minimum absolute atomic E-state index is 0. The van der Waals surface area contributed by atoms with E-state index in [9.17, 15) is 0 Å². The van der Waals surface area contributed by atoms with Crippen molar-refractivity contribution in [3.63, 3.8) is 0 Å². The van der Waals surface area contributed by atoms with E-state index in [-0.39, 0.29) is 11.8 Å². The van der Waals surface area contributed by atoms with Crippen molar-refractivity contribution >= 4 is 0 Å². The Hall–Kier alpha value is -0.200. The molecule has 14 heavy (non-hydrogen) atoms. The quantitative estimate of drug-likeness (QED) is 0.424. The SMILES string of the molecule is CCC(OCC1CO1)OCC1CO1.O. The summed E-state index contributed by atoms with van der Waals surface area (Å²) >= 11 is 0. The van der Waals surface area contributed by atoms with Crippen LogP contribution in [0.15, 0.2) is 0 Å². The zero-order chi connectivity index (χ0) is 9.10. The van der Waals surface area contributed by atoms with Crippen LogP contribution in [0.3, 0.4) is 0 Å². The van der Waals surface area contributed by atoms with Gasteiger partial charge in [-0.2, -0.15) is 0 Å². The van der Waals surface area contributed by atoms with E-state index in [0.29, 0.717) is 25.4 Å². The molecule has 0 aliphatic carbocycles. The van der Waals surface area contributed by atoms with Crippen molar-refractivity contribution in [3.05, 3.63) is 0 Å². The maximum atomic E-state index is 5.49. The van der Waals surface area contributed by atoms with Crippen LogP contribution in [0.2, 0.25) is 0 Å². The van der Waals surface area contributed by atoms with Crippen molar-refractivity contribution in [3.8, 4) is 0 Å². The highest BCUT2D eigenvalue weighted by molar-refractivity contribution is 4.69. The zero-order valence-electron chi connectivity index (χ0n) is 8.40. The molecule has 2 unspecified atom stereocenters. The van der Waals surface area contributed by atoms with E-state index in [0.717, 1.165) is 19.6 Å². The van der Waals surface area contributed by atoms with Gasteiger partial charge in [-0.25, -0.2) is 0 Å². The van der Waals surface area contributed by atoms with E-state index >= 15 is 0 Å². The molecule has 2 saturated heterocycles. The Labute approximate surface area is 83.6 Å². The fourth-order valence-corrected chi connectivity index (χ4v) is 1.04. The summed E-state index contributed by atoms with van der Waals surface area (Å²) in [6, 6.07) is 0. The number of epoxide rings is 2. The molecule has 0 saturated carbocycles. The van der Waals surface area contributed by atoms with Gasteiger partial charge in [0, 0.05) is 0 Å². The molecule has 2 heterocycles. The average molecular weight is 206 g/mol. The number of hydrogen-bond acceptors (Lipinski definition) is 4. The third-order valence-corrected chi connectivity index (χ3v) is 2.07. The molecule has 5 nitrogen and oxygen atoms in total. The van der Waals surface area contributed by atoms with Crippen LogP contribution in [0.4, 0.5) is 0 Å². The van der Waals surface area contributed by atoms with Crippen LogP contribution in [0.1, 0.15) is 13.3 Å². The summed E-state index contributed by atoms with van der Waals surface area (Å²) in [5, 5.41) is 0. The molecule has 2 atom stereocenters. The Balaban J connectivity index is 0.000000980. The van der Waals surface area contributed by atoms with Crippen LogP contribution >= 0.6 is 0 Å². The van der Waals surface area contributed by atoms with Gasteiger partial charge in [0.05, 0.1) is 26.4 Å². The maximum Gasteiger partial charge on any atom is 0.157 e. The molecule has 0 radical (unpaired) electrons. The lowest BCUT2D eigenvalue weighted by Crippen LogP contribution is -2.21. The zero-order valence-corrected chi connectivity index (χ0v) is 8.40. The van der Waals surface area contributed by atoms with Gasteiger partial charge in [0.25, 0.3) is 0 Å². The second-order valence-electron chi connectivity index (χ2n) is 3.42. The van der Waals surface area contributed by atoms with Crippen molar-refractivity contribution in [2.75, 3.05) is 26.4 Å². The fraction of sp³-hybridized carbons (Fsp3) is 1.00. The predicted octanol–water partition coefficient (Wildman–Crippen LogP) is -0.271. The predicted molar refractivity (Wildman–Crippen MR) is 49.1 cm³/mol. The first-order valence-electron chi connectivity index (χ1n) is 4.85. The van der Waals surface area contributed by atoms with E-state index in [1.165, 1.54) is 0 Å². The van der Waals surface area contributed by atoms with Crippen LogP contribution in [0.5, 0.6) is 0 Å². The lowest BCUT2D eigenvalue weighted by atomic mass is 10.4. The van der Waals surface area contributed by atoms with Gasteiger partial charge in [-0.1, -0.05) is 6.92 Å². The van der Waals surface area contributed by atoms with Crippen molar-refractivity contribution in [1.82, 2.24) is 0 Å². The molecule has 2 rings (SSSR count). The first-order valence-corrected chi connectivity index (χ1v) is 4.85. The summed E-state index contributed by atoms with van der Waals surface area (Å²) in [7, 11) is 0. The molecule has 0 bridgehead atoms. The van der Waals surface area contributed by atoms with Crippen molar-refractivity contribution in [2.24, 2.45) is 0 Å². The summed E-state index contributed by atoms with van der Waals surface area (Å²) < 4.78 is 21.1. The highest BCUT2D eigenvalue weighted by Gasteiger charge is 2.26. The summed E-state index contributed by atoms with van der Waals surface area (Å²) in [5.41, 5.74) is 0. The van der Waals surface area contributed by atoms with Gasteiger partial charge >= 0.3 is 0 Å². The third kappa shape index (κ3) is 4.34. The van der Waals surface area contributed by atoms with Gasteiger partial charge < -0.3 is 24.4 Å². The second kappa shape index (κ2) is 5.63. The van der Waals surface area contributed by atoms with Crippen molar-refractivity contribution < 1.29 is 24.4 Å². The van der Waals surface area contributed by atoms with Gasteiger partial charge in [-0.15, -0.1) is 0 Å². The highest BCUT2D eigenvalue weighted by Crippen LogP contribution is 2.14. The maximum absolute atomic E-state index is 5.49. The van der Waals surface area contributed by atoms with E-state index < -0.39 is 0 Å². The molecule has 2 N–H and O–H groups in total. The molecule has 2 fully saturated rings. The van der Waals surface area contributed by atoms with Crippen molar-refractivity contribution in [1.29, 1.82) is 0 Å². The Morgan fingerprint density at radius 1 is 1.14 bits per heavy atom. The lowest BCUT2D eigenvalue weighted by Gasteiger charge is -2.15. The Morgan fingerprint density at radius 3 is 1.86 bits per heavy atom. The first kappa shape index (κ1) is 11.9. The molecule has 5 heteroatoms. The first-order chi connectivity index (χ1) is 6.38. The van der Waals surface area contributed by atoms with Crippen LogP contribution < -0.4 is 0 Å². The molecule has 84 valence electrons. The third-order valence-electron chi connectivity index (χ3n) is 2.07. The van der Waals surface area contributed by atoms with Crippen LogP contribution in [-0.4, -0.2) is 50.4 Å². The monoisotopic (exact) mass is 206 g/mol. The summed E-state index contributed by atoms with van der Waals surface area (Å²) in [6.07, 6.45) is 1.41. The standard InChI is InChI=1S/C9H16O4.H2O/c1-2-9(12-5-7-3-10-7)13-6-8-4-11-8;/h7-9H,2-6H2,1H3;1H2. The van der Waals surface area contributed by atoms with E-state index in [1.807, 2.05) is 6.92 Å². The Bertz CT molecular complexity index is 139. The molecule has 2 aliphatic heterocycles. The van der Waals surface area contributed by atoms with Gasteiger partial charge in [-0.05, 0) is 6.42 Å². The summed E-state index contributed by atoms with van der Waals surface area (Å²) in [6.45, 7) is 5.03.